The van der Waals surface area contributed by atoms with Gasteiger partial charge in [0, 0.05) is 32.7 Å². The molecule has 1 aliphatic carbocycles. The normalized spacial score (nSPS) is 28.4. The van der Waals surface area contributed by atoms with Gasteiger partial charge >= 0.3 is 0 Å². The van der Waals surface area contributed by atoms with E-state index >= 15 is 0 Å². The highest BCUT2D eigenvalue weighted by Gasteiger charge is 2.68. The Bertz CT molecular complexity index is 526. The van der Waals surface area contributed by atoms with Crippen molar-refractivity contribution in [2.45, 2.75) is 24.2 Å². The molecule has 1 aromatic rings. The minimum Gasteiger partial charge on any atom is -0.340 e. The average molecular weight is 327 g/mol. The maximum atomic E-state index is 12.5. The first-order valence-corrected chi connectivity index (χ1v) is 8.11. The Kier molecular flexibility index (Phi) is 3.93. The number of piperazine rings is 1. The van der Waals surface area contributed by atoms with Crippen molar-refractivity contribution in [3.8, 4) is 0 Å². The molecule has 2 aliphatic rings. The van der Waals surface area contributed by atoms with Crippen molar-refractivity contribution in [3.63, 3.8) is 0 Å². The molecule has 1 saturated carbocycles. The number of carbonyl (C=O) groups excluding carboxylic acids is 1. The first kappa shape index (κ1) is 15.1. The maximum absolute atomic E-state index is 12.5. The van der Waals surface area contributed by atoms with Crippen molar-refractivity contribution in [2.75, 3.05) is 26.2 Å². The lowest BCUT2D eigenvalue weighted by molar-refractivity contribution is -0.138. The molecule has 0 N–H and O–H groups in total. The topological polar surface area (TPSA) is 23.6 Å². The van der Waals surface area contributed by atoms with E-state index < -0.39 is 9.75 Å². The molecule has 114 valence electrons. The van der Waals surface area contributed by atoms with Crippen LogP contribution in [0.4, 0.5) is 0 Å². The van der Waals surface area contributed by atoms with Crippen molar-refractivity contribution in [1.82, 2.24) is 9.80 Å². The molecule has 1 saturated heterocycles. The number of hydrogen-bond acceptors (Lipinski definition) is 2. The predicted molar refractivity (Wildman–Crippen MR) is 85.5 cm³/mol. The Labute approximate surface area is 135 Å². The van der Waals surface area contributed by atoms with Crippen molar-refractivity contribution >= 4 is 29.1 Å². The summed E-state index contributed by atoms with van der Waals surface area (Å²) in [6.45, 7) is 6.11. The number of rotatable bonds is 3. The lowest BCUT2D eigenvalue weighted by Crippen LogP contribution is -2.50. The molecule has 21 heavy (non-hydrogen) atoms. The average Bonchev–Trinajstić information content (AvgIpc) is 3.00. The molecule has 0 bridgehead atoms. The molecule has 1 atom stereocenters. The van der Waals surface area contributed by atoms with Gasteiger partial charge in [-0.3, -0.25) is 9.69 Å². The van der Waals surface area contributed by atoms with Gasteiger partial charge in [-0.15, -0.1) is 23.2 Å². The Morgan fingerprint density at radius 2 is 1.71 bits per heavy atom. The molecule has 1 amide bonds. The molecule has 2 fully saturated rings. The molecule has 1 heterocycles. The molecule has 1 aliphatic heterocycles. The van der Waals surface area contributed by atoms with Crippen LogP contribution in [-0.4, -0.2) is 46.2 Å². The van der Waals surface area contributed by atoms with Crippen molar-refractivity contribution in [2.24, 2.45) is 5.41 Å². The summed E-state index contributed by atoms with van der Waals surface area (Å²) >= 11 is 12.2. The summed E-state index contributed by atoms with van der Waals surface area (Å²) in [5.74, 6) is 0.104. The van der Waals surface area contributed by atoms with E-state index in [-0.39, 0.29) is 5.91 Å². The molecule has 0 radical (unpaired) electrons. The molecule has 3 nitrogen and oxygen atoms in total. The molecular formula is C16H20Cl2N2O. The summed E-state index contributed by atoms with van der Waals surface area (Å²) < 4.78 is -0.870. The molecule has 3 rings (SSSR count). The van der Waals surface area contributed by atoms with Gasteiger partial charge in [0.25, 0.3) is 0 Å². The smallest absolute Gasteiger partial charge is 0.231 e. The van der Waals surface area contributed by atoms with Crippen LogP contribution in [0.5, 0.6) is 0 Å². The van der Waals surface area contributed by atoms with Gasteiger partial charge in [0.15, 0.2) is 0 Å². The third-order valence-corrected chi connectivity index (χ3v) is 5.74. The largest absolute Gasteiger partial charge is 0.340 e. The fourth-order valence-electron chi connectivity index (χ4n) is 2.93. The molecular weight excluding hydrogens is 307 g/mol. The van der Waals surface area contributed by atoms with Gasteiger partial charge in [0.05, 0.1) is 5.41 Å². The Hall–Kier alpha value is -0.770. The minimum atomic E-state index is -0.870. The first-order chi connectivity index (χ1) is 9.92. The highest BCUT2D eigenvalue weighted by molar-refractivity contribution is 6.53. The quantitative estimate of drug-likeness (QED) is 0.797. The lowest BCUT2D eigenvalue weighted by Gasteiger charge is -2.36. The van der Waals surface area contributed by atoms with Gasteiger partial charge in [-0.1, -0.05) is 30.3 Å². The van der Waals surface area contributed by atoms with E-state index in [0.717, 1.165) is 32.7 Å². The Morgan fingerprint density at radius 3 is 2.24 bits per heavy atom. The molecule has 5 heteroatoms. The van der Waals surface area contributed by atoms with E-state index in [0.29, 0.717) is 6.42 Å². The van der Waals surface area contributed by atoms with Crippen LogP contribution >= 0.6 is 23.2 Å². The van der Waals surface area contributed by atoms with Crippen LogP contribution in [0.1, 0.15) is 18.9 Å². The summed E-state index contributed by atoms with van der Waals surface area (Å²) in [7, 11) is 0. The van der Waals surface area contributed by atoms with Crippen LogP contribution in [0, 0.1) is 5.41 Å². The maximum Gasteiger partial charge on any atom is 0.231 e. The summed E-state index contributed by atoms with van der Waals surface area (Å²) in [5, 5.41) is 0. The molecule has 1 unspecified atom stereocenters. The van der Waals surface area contributed by atoms with Gasteiger partial charge in [-0.25, -0.2) is 0 Å². The lowest BCUT2D eigenvalue weighted by atomic mass is 10.1. The number of hydrogen-bond donors (Lipinski definition) is 0. The zero-order valence-corrected chi connectivity index (χ0v) is 13.7. The highest BCUT2D eigenvalue weighted by atomic mass is 35.5. The third kappa shape index (κ3) is 2.92. The highest BCUT2D eigenvalue weighted by Crippen LogP contribution is 2.64. The van der Waals surface area contributed by atoms with Gasteiger partial charge in [-0.2, -0.15) is 0 Å². The Morgan fingerprint density at radius 1 is 1.14 bits per heavy atom. The number of alkyl halides is 2. The molecule has 0 aromatic heterocycles. The van der Waals surface area contributed by atoms with Gasteiger partial charge in [0.2, 0.25) is 5.91 Å². The van der Waals surface area contributed by atoms with E-state index in [1.165, 1.54) is 5.56 Å². The zero-order valence-electron chi connectivity index (χ0n) is 12.2. The van der Waals surface area contributed by atoms with Crippen LogP contribution in [0.15, 0.2) is 30.3 Å². The Balaban J connectivity index is 1.53. The van der Waals surface area contributed by atoms with Crippen LogP contribution in [0.3, 0.4) is 0 Å². The van der Waals surface area contributed by atoms with Crippen molar-refractivity contribution < 1.29 is 4.79 Å². The summed E-state index contributed by atoms with van der Waals surface area (Å²) in [6, 6.07) is 10.4. The van der Waals surface area contributed by atoms with E-state index in [1.807, 2.05) is 17.9 Å². The SMILES string of the molecule is CC1(C(=O)N2CCN(Cc3ccccc3)CC2)CC1(Cl)Cl. The number of nitrogens with zero attached hydrogens (tertiary/aromatic N) is 2. The fraction of sp³-hybridized carbons (Fsp3) is 0.562. The number of carbonyl (C=O) groups is 1. The standard InChI is InChI=1S/C16H20Cl2N2O/c1-15(12-16(15,17)18)14(21)20-9-7-19(8-10-20)11-13-5-3-2-4-6-13/h2-6H,7-12H2,1H3. The second-order valence-corrected chi connectivity index (χ2v) is 7.75. The number of halogens is 2. The minimum absolute atomic E-state index is 0.104. The van der Waals surface area contributed by atoms with E-state index in [1.54, 1.807) is 0 Å². The van der Waals surface area contributed by atoms with Crippen molar-refractivity contribution in [1.29, 1.82) is 0 Å². The van der Waals surface area contributed by atoms with Crippen LogP contribution in [0.25, 0.3) is 0 Å². The molecule has 1 aromatic carbocycles. The predicted octanol–water partition coefficient (Wildman–Crippen LogP) is 2.91. The number of benzene rings is 1. The summed E-state index contributed by atoms with van der Waals surface area (Å²) in [5.41, 5.74) is 0.726. The van der Waals surface area contributed by atoms with E-state index in [4.69, 9.17) is 23.2 Å². The summed E-state index contributed by atoms with van der Waals surface area (Å²) in [4.78, 5) is 16.8. The summed E-state index contributed by atoms with van der Waals surface area (Å²) in [6.07, 6.45) is 0.562. The van der Waals surface area contributed by atoms with Gasteiger partial charge in [-0.05, 0) is 18.9 Å². The first-order valence-electron chi connectivity index (χ1n) is 7.36. The second-order valence-electron chi connectivity index (χ2n) is 6.27. The van der Waals surface area contributed by atoms with Crippen molar-refractivity contribution in [3.05, 3.63) is 35.9 Å². The van der Waals surface area contributed by atoms with E-state index in [2.05, 4.69) is 29.2 Å². The third-order valence-electron chi connectivity index (χ3n) is 4.64. The van der Waals surface area contributed by atoms with Gasteiger partial charge in [0.1, 0.15) is 4.33 Å². The van der Waals surface area contributed by atoms with Gasteiger partial charge < -0.3 is 4.90 Å². The second kappa shape index (κ2) is 5.45. The van der Waals surface area contributed by atoms with E-state index in [9.17, 15) is 4.79 Å². The van der Waals surface area contributed by atoms with Crippen LogP contribution in [-0.2, 0) is 11.3 Å². The monoisotopic (exact) mass is 326 g/mol. The number of amides is 1. The van der Waals surface area contributed by atoms with Crippen LogP contribution in [0.2, 0.25) is 0 Å². The molecule has 0 spiro atoms. The zero-order chi connectivity index (χ0) is 15.1. The fourth-order valence-corrected chi connectivity index (χ4v) is 3.63. The van der Waals surface area contributed by atoms with Crippen LogP contribution < -0.4 is 0 Å².